The summed E-state index contributed by atoms with van der Waals surface area (Å²) in [6.45, 7) is 2.53. The zero-order valence-electron chi connectivity index (χ0n) is 15.4. The number of benzene rings is 2. The Morgan fingerprint density at radius 2 is 1.93 bits per heavy atom. The predicted molar refractivity (Wildman–Crippen MR) is 116 cm³/mol. The van der Waals surface area contributed by atoms with Crippen LogP contribution < -0.4 is 20.9 Å². The maximum absolute atomic E-state index is 9.45. The van der Waals surface area contributed by atoms with Crippen LogP contribution >= 0.6 is 27.5 Å². The lowest BCUT2D eigenvalue weighted by Gasteiger charge is -2.16. The first kappa shape index (κ1) is 20.7. The fourth-order valence-corrected chi connectivity index (χ4v) is 3.44. The maximum atomic E-state index is 9.45. The summed E-state index contributed by atoms with van der Waals surface area (Å²) in [6, 6.07) is 12.9. The summed E-state index contributed by atoms with van der Waals surface area (Å²) in [5.41, 5.74) is 13.4. The van der Waals surface area contributed by atoms with Gasteiger partial charge in [0, 0.05) is 16.1 Å². The van der Waals surface area contributed by atoms with Crippen LogP contribution in [-0.2, 0) is 6.61 Å². The SMILES string of the molecule is CCOc1cc(-c2nc(N)nc(N)c2C#N)cc(Br)c1OCc1ccccc1Cl. The summed E-state index contributed by atoms with van der Waals surface area (Å²) >= 11 is 9.72. The number of anilines is 2. The fraction of sp³-hybridized carbons (Fsp3) is 0.150. The number of hydrogen-bond acceptors (Lipinski definition) is 7. The Labute approximate surface area is 181 Å². The first-order chi connectivity index (χ1) is 13.9. The highest BCUT2D eigenvalue weighted by molar-refractivity contribution is 9.10. The van der Waals surface area contributed by atoms with Crippen molar-refractivity contribution in [1.29, 1.82) is 5.26 Å². The summed E-state index contributed by atoms with van der Waals surface area (Å²) in [6.07, 6.45) is 0. The van der Waals surface area contributed by atoms with Gasteiger partial charge in [0.05, 0.1) is 16.8 Å². The van der Waals surface area contributed by atoms with Gasteiger partial charge in [-0.25, -0.2) is 4.98 Å². The summed E-state index contributed by atoms with van der Waals surface area (Å²) in [5.74, 6) is 0.973. The third-order valence-electron chi connectivity index (χ3n) is 3.98. The number of nitrogens with two attached hydrogens (primary N) is 2. The topological polar surface area (TPSA) is 120 Å². The third-order valence-corrected chi connectivity index (χ3v) is 4.94. The normalized spacial score (nSPS) is 10.4. The molecule has 0 spiro atoms. The van der Waals surface area contributed by atoms with Crippen molar-refractivity contribution in [2.75, 3.05) is 18.1 Å². The monoisotopic (exact) mass is 473 g/mol. The van der Waals surface area contributed by atoms with E-state index in [1.807, 2.05) is 31.2 Å². The Morgan fingerprint density at radius 3 is 2.62 bits per heavy atom. The van der Waals surface area contributed by atoms with Gasteiger partial charge in [0.15, 0.2) is 11.5 Å². The van der Waals surface area contributed by atoms with Crippen LogP contribution in [0.2, 0.25) is 5.02 Å². The molecule has 0 aliphatic heterocycles. The van der Waals surface area contributed by atoms with Crippen LogP contribution in [0.4, 0.5) is 11.8 Å². The Balaban J connectivity index is 2.04. The Hall–Kier alpha value is -3.02. The summed E-state index contributed by atoms with van der Waals surface area (Å²) in [5, 5.41) is 10.1. The van der Waals surface area contributed by atoms with E-state index in [0.29, 0.717) is 38.9 Å². The molecule has 9 heteroatoms. The molecular formula is C20H17BrClN5O2. The highest BCUT2D eigenvalue weighted by atomic mass is 79.9. The van der Waals surface area contributed by atoms with Crippen molar-refractivity contribution in [3.8, 4) is 28.8 Å². The Bertz CT molecular complexity index is 1100. The first-order valence-corrected chi connectivity index (χ1v) is 9.77. The molecule has 0 fully saturated rings. The van der Waals surface area contributed by atoms with E-state index in [2.05, 4.69) is 25.9 Å². The molecule has 0 aliphatic carbocycles. The minimum Gasteiger partial charge on any atom is -0.490 e. The second-order valence-corrected chi connectivity index (χ2v) is 7.16. The second kappa shape index (κ2) is 8.99. The van der Waals surface area contributed by atoms with E-state index in [-0.39, 0.29) is 23.9 Å². The molecule has 0 saturated heterocycles. The number of hydrogen-bond donors (Lipinski definition) is 2. The van der Waals surface area contributed by atoms with Crippen LogP contribution in [0.1, 0.15) is 18.1 Å². The lowest BCUT2D eigenvalue weighted by Crippen LogP contribution is -2.06. The first-order valence-electron chi connectivity index (χ1n) is 8.60. The Kier molecular flexibility index (Phi) is 6.42. The number of nitriles is 1. The zero-order chi connectivity index (χ0) is 21.0. The standard InChI is InChI=1S/C20H17BrClN5O2/c1-2-28-16-8-12(17-13(9-23)19(24)27-20(25)26-17)7-14(21)18(16)29-10-11-5-3-4-6-15(11)22/h3-8H,2,10H2,1H3,(H4,24,25,26,27). The molecule has 0 aliphatic rings. The van der Waals surface area contributed by atoms with Crippen LogP contribution in [0, 0.1) is 11.3 Å². The number of halogens is 2. The minimum absolute atomic E-state index is 0.0168. The van der Waals surface area contributed by atoms with Crippen LogP contribution in [0.5, 0.6) is 11.5 Å². The fourth-order valence-electron chi connectivity index (χ4n) is 2.69. The van der Waals surface area contributed by atoms with Crippen molar-refractivity contribution in [3.05, 3.63) is 57.0 Å². The Morgan fingerprint density at radius 1 is 1.17 bits per heavy atom. The summed E-state index contributed by atoms with van der Waals surface area (Å²) < 4.78 is 12.4. The van der Waals surface area contributed by atoms with Crippen molar-refractivity contribution in [3.63, 3.8) is 0 Å². The molecule has 0 unspecified atom stereocenters. The smallest absolute Gasteiger partial charge is 0.222 e. The van der Waals surface area contributed by atoms with E-state index in [1.54, 1.807) is 18.2 Å². The van der Waals surface area contributed by atoms with Crippen molar-refractivity contribution in [2.24, 2.45) is 0 Å². The van der Waals surface area contributed by atoms with Crippen molar-refractivity contribution in [2.45, 2.75) is 13.5 Å². The van der Waals surface area contributed by atoms with Gasteiger partial charge in [0.1, 0.15) is 24.1 Å². The molecule has 148 valence electrons. The van der Waals surface area contributed by atoms with Crippen LogP contribution in [-0.4, -0.2) is 16.6 Å². The molecule has 0 saturated carbocycles. The van der Waals surface area contributed by atoms with Crippen molar-refractivity contribution < 1.29 is 9.47 Å². The van der Waals surface area contributed by atoms with Gasteiger partial charge in [-0.05, 0) is 41.1 Å². The van der Waals surface area contributed by atoms with Gasteiger partial charge < -0.3 is 20.9 Å². The molecule has 0 atom stereocenters. The second-order valence-electron chi connectivity index (χ2n) is 5.90. The number of rotatable bonds is 6. The molecule has 3 aromatic rings. The van der Waals surface area contributed by atoms with Gasteiger partial charge in [-0.3, -0.25) is 0 Å². The average Bonchev–Trinajstić information content (AvgIpc) is 2.68. The molecule has 0 amide bonds. The van der Waals surface area contributed by atoms with Gasteiger partial charge in [0.25, 0.3) is 0 Å². The number of nitrogens with zero attached hydrogens (tertiary/aromatic N) is 3. The van der Waals surface area contributed by atoms with Gasteiger partial charge in [-0.15, -0.1) is 0 Å². The highest BCUT2D eigenvalue weighted by Gasteiger charge is 2.19. The van der Waals surface area contributed by atoms with Crippen LogP contribution in [0.3, 0.4) is 0 Å². The number of nitrogen functional groups attached to an aromatic ring is 2. The quantitative estimate of drug-likeness (QED) is 0.536. The van der Waals surface area contributed by atoms with Gasteiger partial charge in [-0.1, -0.05) is 29.8 Å². The molecule has 0 bridgehead atoms. The van der Waals surface area contributed by atoms with E-state index >= 15 is 0 Å². The molecule has 4 N–H and O–H groups in total. The molecule has 1 heterocycles. The van der Waals surface area contributed by atoms with Gasteiger partial charge in [0.2, 0.25) is 5.95 Å². The molecule has 3 rings (SSSR count). The average molecular weight is 475 g/mol. The minimum atomic E-state index is -0.0235. The van der Waals surface area contributed by atoms with Crippen LogP contribution in [0.15, 0.2) is 40.9 Å². The van der Waals surface area contributed by atoms with E-state index in [4.69, 9.17) is 32.5 Å². The van der Waals surface area contributed by atoms with Gasteiger partial charge in [-0.2, -0.15) is 10.2 Å². The van der Waals surface area contributed by atoms with E-state index in [9.17, 15) is 5.26 Å². The van der Waals surface area contributed by atoms with Crippen LogP contribution in [0.25, 0.3) is 11.3 Å². The third kappa shape index (κ3) is 4.53. The van der Waals surface area contributed by atoms with Crippen molar-refractivity contribution in [1.82, 2.24) is 9.97 Å². The van der Waals surface area contributed by atoms with Crippen molar-refractivity contribution >= 4 is 39.3 Å². The molecule has 0 radical (unpaired) electrons. The van der Waals surface area contributed by atoms with Gasteiger partial charge >= 0.3 is 0 Å². The molecule has 29 heavy (non-hydrogen) atoms. The maximum Gasteiger partial charge on any atom is 0.222 e. The highest BCUT2D eigenvalue weighted by Crippen LogP contribution is 2.41. The number of aromatic nitrogens is 2. The van der Waals surface area contributed by atoms with E-state index in [1.165, 1.54) is 0 Å². The summed E-state index contributed by atoms with van der Waals surface area (Å²) in [4.78, 5) is 8.02. The number of ether oxygens (including phenoxy) is 2. The molecular weight excluding hydrogens is 458 g/mol. The predicted octanol–water partition coefficient (Wildman–Crippen LogP) is 4.57. The molecule has 2 aromatic carbocycles. The zero-order valence-corrected chi connectivity index (χ0v) is 17.8. The molecule has 7 nitrogen and oxygen atoms in total. The van der Waals surface area contributed by atoms with E-state index in [0.717, 1.165) is 5.56 Å². The largest absolute Gasteiger partial charge is 0.490 e. The lowest BCUT2D eigenvalue weighted by molar-refractivity contribution is 0.268. The van der Waals surface area contributed by atoms with E-state index < -0.39 is 0 Å². The molecule has 1 aromatic heterocycles. The lowest BCUT2D eigenvalue weighted by atomic mass is 10.1. The summed E-state index contributed by atoms with van der Waals surface area (Å²) in [7, 11) is 0.